The average molecular weight is 405 g/mol. The standard InChI is InChI=1S/C23H28N6O/c30-23(27-21-16-26-29(18-21)17-19-8-4-3-5-9-19)25-15-20-10-11-24-22(14-20)28-12-6-1-2-7-13-28/h3-5,8-11,14,16,18H,1-2,6-7,12-13,15,17H2,(H2,25,27,30). The van der Waals surface area contributed by atoms with E-state index in [9.17, 15) is 4.79 Å². The van der Waals surface area contributed by atoms with Crippen LogP contribution in [0.2, 0.25) is 0 Å². The Morgan fingerprint density at radius 2 is 1.80 bits per heavy atom. The predicted molar refractivity (Wildman–Crippen MR) is 119 cm³/mol. The number of hydrogen-bond donors (Lipinski definition) is 2. The van der Waals surface area contributed by atoms with Crippen LogP contribution in [0.15, 0.2) is 61.1 Å². The van der Waals surface area contributed by atoms with Crippen molar-refractivity contribution in [3.05, 3.63) is 72.2 Å². The molecule has 7 heteroatoms. The van der Waals surface area contributed by atoms with Gasteiger partial charge in [-0.05, 0) is 36.1 Å². The van der Waals surface area contributed by atoms with Gasteiger partial charge in [-0.3, -0.25) is 4.68 Å². The minimum atomic E-state index is -0.248. The number of nitrogens with zero attached hydrogens (tertiary/aromatic N) is 4. The zero-order valence-corrected chi connectivity index (χ0v) is 17.1. The lowest BCUT2D eigenvalue weighted by Gasteiger charge is -2.21. The molecule has 156 valence electrons. The van der Waals surface area contributed by atoms with Gasteiger partial charge in [-0.15, -0.1) is 0 Å². The molecule has 2 aromatic heterocycles. The Morgan fingerprint density at radius 3 is 2.60 bits per heavy atom. The van der Waals surface area contributed by atoms with E-state index in [1.165, 1.54) is 25.7 Å². The van der Waals surface area contributed by atoms with Gasteiger partial charge < -0.3 is 15.5 Å². The van der Waals surface area contributed by atoms with Crippen LogP contribution in [-0.4, -0.2) is 33.9 Å². The van der Waals surface area contributed by atoms with Crippen LogP contribution in [0.25, 0.3) is 0 Å². The van der Waals surface area contributed by atoms with Crippen molar-refractivity contribution in [3.63, 3.8) is 0 Å². The van der Waals surface area contributed by atoms with Crippen molar-refractivity contribution in [2.45, 2.75) is 38.8 Å². The molecule has 1 aliphatic rings. The lowest BCUT2D eigenvalue weighted by Crippen LogP contribution is -2.28. The average Bonchev–Trinajstić information content (AvgIpc) is 3.02. The van der Waals surface area contributed by atoms with Gasteiger partial charge in [0.15, 0.2) is 0 Å². The maximum absolute atomic E-state index is 12.3. The zero-order valence-electron chi connectivity index (χ0n) is 17.1. The molecule has 0 spiro atoms. The molecule has 30 heavy (non-hydrogen) atoms. The van der Waals surface area contributed by atoms with Gasteiger partial charge in [0.05, 0.1) is 18.4 Å². The van der Waals surface area contributed by atoms with E-state index >= 15 is 0 Å². The Labute approximate surface area is 177 Å². The monoisotopic (exact) mass is 404 g/mol. The number of carbonyl (C=O) groups excluding carboxylic acids is 1. The van der Waals surface area contributed by atoms with E-state index in [1.807, 2.05) is 36.7 Å². The van der Waals surface area contributed by atoms with Crippen molar-refractivity contribution in [3.8, 4) is 0 Å². The molecule has 0 atom stereocenters. The van der Waals surface area contributed by atoms with Crippen molar-refractivity contribution < 1.29 is 4.79 Å². The van der Waals surface area contributed by atoms with E-state index in [-0.39, 0.29) is 6.03 Å². The summed E-state index contributed by atoms with van der Waals surface area (Å²) in [5.74, 6) is 0.999. The van der Waals surface area contributed by atoms with Gasteiger partial charge in [-0.2, -0.15) is 5.10 Å². The van der Waals surface area contributed by atoms with Gasteiger partial charge in [-0.25, -0.2) is 9.78 Å². The molecule has 7 nitrogen and oxygen atoms in total. The molecule has 4 rings (SSSR count). The van der Waals surface area contributed by atoms with Crippen LogP contribution in [-0.2, 0) is 13.1 Å². The molecule has 3 aromatic rings. The van der Waals surface area contributed by atoms with Crippen LogP contribution in [0.5, 0.6) is 0 Å². The number of aromatic nitrogens is 3. The molecule has 1 aliphatic heterocycles. The molecule has 0 unspecified atom stereocenters. The SMILES string of the molecule is O=C(NCc1ccnc(N2CCCCCC2)c1)Nc1cnn(Cc2ccccc2)c1. The third-order valence-corrected chi connectivity index (χ3v) is 5.27. The summed E-state index contributed by atoms with van der Waals surface area (Å²) in [5.41, 5.74) is 2.87. The van der Waals surface area contributed by atoms with Crippen LogP contribution in [0.1, 0.15) is 36.8 Å². The van der Waals surface area contributed by atoms with Crippen molar-refractivity contribution in [1.82, 2.24) is 20.1 Å². The topological polar surface area (TPSA) is 75.1 Å². The normalized spacial score (nSPS) is 14.2. The summed E-state index contributed by atoms with van der Waals surface area (Å²) < 4.78 is 1.81. The molecule has 3 heterocycles. The molecule has 0 saturated carbocycles. The molecule has 1 saturated heterocycles. The van der Waals surface area contributed by atoms with Gasteiger partial charge in [0, 0.05) is 32.0 Å². The molecule has 2 N–H and O–H groups in total. The van der Waals surface area contributed by atoms with Gasteiger partial charge in [-0.1, -0.05) is 43.2 Å². The second-order valence-corrected chi connectivity index (χ2v) is 7.64. The smallest absolute Gasteiger partial charge is 0.319 e. The maximum atomic E-state index is 12.3. The van der Waals surface area contributed by atoms with Crippen molar-refractivity contribution >= 4 is 17.5 Å². The fourth-order valence-electron chi connectivity index (χ4n) is 3.69. The van der Waals surface area contributed by atoms with E-state index in [0.29, 0.717) is 18.8 Å². The van der Waals surface area contributed by atoms with Crippen molar-refractivity contribution in [2.75, 3.05) is 23.3 Å². The fourth-order valence-corrected chi connectivity index (χ4v) is 3.69. The molecule has 0 bridgehead atoms. The number of carbonyl (C=O) groups is 1. The highest BCUT2D eigenvalue weighted by Gasteiger charge is 2.12. The summed E-state index contributed by atoms with van der Waals surface area (Å²) in [5, 5.41) is 10.1. The molecule has 1 aromatic carbocycles. The summed E-state index contributed by atoms with van der Waals surface area (Å²) >= 11 is 0. The number of hydrogen-bond acceptors (Lipinski definition) is 4. The molecule has 2 amide bonds. The Kier molecular flexibility index (Phi) is 6.59. The maximum Gasteiger partial charge on any atom is 0.319 e. The van der Waals surface area contributed by atoms with Crippen LogP contribution in [0, 0.1) is 0 Å². The number of nitrogens with one attached hydrogen (secondary N) is 2. The van der Waals surface area contributed by atoms with E-state index in [2.05, 4.69) is 43.8 Å². The largest absolute Gasteiger partial charge is 0.357 e. The third-order valence-electron chi connectivity index (χ3n) is 5.27. The molecule has 1 fully saturated rings. The fraction of sp³-hybridized carbons (Fsp3) is 0.348. The summed E-state index contributed by atoms with van der Waals surface area (Å²) in [6, 6.07) is 13.9. The van der Waals surface area contributed by atoms with Gasteiger partial charge in [0.25, 0.3) is 0 Å². The number of urea groups is 1. The highest BCUT2D eigenvalue weighted by Crippen LogP contribution is 2.18. The number of rotatable bonds is 6. The number of amides is 2. The van der Waals surface area contributed by atoms with Crippen LogP contribution >= 0.6 is 0 Å². The summed E-state index contributed by atoms with van der Waals surface area (Å²) in [6.45, 7) is 3.22. The highest BCUT2D eigenvalue weighted by atomic mass is 16.2. The molecule has 0 aliphatic carbocycles. The lowest BCUT2D eigenvalue weighted by molar-refractivity contribution is 0.251. The zero-order chi connectivity index (χ0) is 20.6. The third kappa shape index (κ3) is 5.59. The van der Waals surface area contributed by atoms with Crippen molar-refractivity contribution in [2.24, 2.45) is 0 Å². The summed E-state index contributed by atoms with van der Waals surface area (Å²) in [6.07, 6.45) is 10.3. The Morgan fingerprint density at radius 1 is 1.00 bits per heavy atom. The molecular weight excluding hydrogens is 376 g/mol. The van der Waals surface area contributed by atoms with Gasteiger partial charge in [0.2, 0.25) is 0 Å². The van der Waals surface area contributed by atoms with E-state index in [0.717, 1.165) is 30.0 Å². The predicted octanol–water partition coefficient (Wildman–Crippen LogP) is 4.03. The van der Waals surface area contributed by atoms with Crippen molar-refractivity contribution in [1.29, 1.82) is 0 Å². The first kappa shape index (κ1) is 19.9. The first-order valence-corrected chi connectivity index (χ1v) is 10.6. The Hall–Kier alpha value is -3.35. The first-order chi connectivity index (χ1) is 14.8. The summed E-state index contributed by atoms with van der Waals surface area (Å²) in [7, 11) is 0. The first-order valence-electron chi connectivity index (χ1n) is 10.6. The second kappa shape index (κ2) is 9.91. The second-order valence-electron chi connectivity index (χ2n) is 7.64. The van der Waals surface area contributed by atoms with Gasteiger partial charge >= 0.3 is 6.03 Å². The minimum Gasteiger partial charge on any atom is -0.357 e. The number of benzene rings is 1. The minimum absolute atomic E-state index is 0.248. The quantitative estimate of drug-likeness (QED) is 0.650. The van der Waals surface area contributed by atoms with Gasteiger partial charge in [0.1, 0.15) is 5.82 Å². The highest BCUT2D eigenvalue weighted by molar-refractivity contribution is 5.88. The molecule has 0 radical (unpaired) electrons. The Balaban J connectivity index is 1.28. The van der Waals surface area contributed by atoms with Crippen LogP contribution < -0.4 is 15.5 Å². The molecular formula is C23H28N6O. The lowest BCUT2D eigenvalue weighted by atomic mass is 10.2. The number of pyridine rings is 1. The summed E-state index contributed by atoms with van der Waals surface area (Å²) in [4.78, 5) is 19.2. The number of anilines is 2. The van der Waals surface area contributed by atoms with E-state index in [1.54, 1.807) is 10.9 Å². The van der Waals surface area contributed by atoms with E-state index < -0.39 is 0 Å². The Bertz CT molecular complexity index is 947. The van der Waals surface area contributed by atoms with E-state index in [4.69, 9.17) is 0 Å². The van der Waals surface area contributed by atoms with Crippen LogP contribution in [0.3, 0.4) is 0 Å². The van der Waals surface area contributed by atoms with Crippen LogP contribution in [0.4, 0.5) is 16.3 Å².